The molecule has 0 bridgehead atoms. The number of nitrogens with two attached hydrogens (primary N) is 1. The van der Waals surface area contributed by atoms with E-state index in [4.69, 9.17) is 15.2 Å². The third-order valence-corrected chi connectivity index (χ3v) is 9.50. The molecule has 2 aromatic rings. The van der Waals surface area contributed by atoms with Crippen molar-refractivity contribution >= 4 is 46.9 Å². The summed E-state index contributed by atoms with van der Waals surface area (Å²) in [6.07, 6.45) is -1.84. The number of nitrogens with one attached hydrogen (secondary N) is 2. The number of benzene rings is 2. The molecule has 54 heavy (non-hydrogen) atoms. The van der Waals surface area contributed by atoms with Crippen LogP contribution in [-0.2, 0) is 28.7 Å². The summed E-state index contributed by atoms with van der Waals surface area (Å²) in [5.74, 6) is -4.57. The lowest BCUT2D eigenvalue weighted by molar-refractivity contribution is -0.384. The van der Waals surface area contributed by atoms with E-state index in [1.807, 2.05) is 0 Å². The number of carbonyl (C=O) groups is 7. The van der Waals surface area contributed by atoms with Gasteiger partial charge in [0.2, 0.25) is 23.1 Å². The zero-order valence-corrected chi connectivity index (χ0v) is 30.6. The normalized spacial score (nSPS) is 20.7. The van der Waals surface area contributed by atoms with Crippen LogP contribution in [0.25, 0.3) is 0 Å². The van der Waals surface area contributed by atoms with Gasteiger partial charge in [-0.05, 0) is 77.1 Å². The first-order valence-corrected chi connectivity index (χ1v) is 17.7. The van der Waals surface area contributed by atoms with Gasteiger partial charge in [0.25, 0.3) is 11.6 Å². The highest BCUT2D eigenvalue weighted by molar-refractivity contribution is 6.36. The van der Waals surface area contributed by atoms with E-state index >= 15 is 0 Å². The number of hydrogen-bond donors (Lipinski definition) is 3. The molecule has 0 spiro atoms. The molecule has 1 heterocycles. The zero-order valence-electron chi connectivity index (χ0n) is 30.6. The lowest BCUT2D eigenvalue weighted by Gasteiger charge is -2.41. The molecule has 2 aliphatic rings. The molecule has 1 saturated carbocycles. The van der Waals surface area contributed by atoms with Gasteiger partial charge in [-0.1, -0.05) is 18.2 Å². The standard InChI is InChI=1S/C37H46N6O11/c1-22(2)42(36(50)54-26-17-15-25(16-18-26)43(51)52)37(30(44)21-29(53-4)32(37)46)31(45)28-14-10-20-41(28)35(49)27(13-8-9-19-39-33(47)23(3)38)40-34(48)24-11-6-5-7-12-24/h5-7,11-12,15-18,22-23,27-29H,8-10,13-14,19-21,38H2,1-4H3,(H,39,47)(H,40,48)/t23-,27-,28+,29?,37?/m0/s1. The van der Waals surface area contributed by atoms with Crippen LogP contribution in [0.15, 0.2) is 54.6 Å². The van der Waals surface area contributed by atoms with Crippen molar-refractivity contribution in [2.45, 2.75) is 95.1 Å². The second-order valence-corrected chi connectivity index (χ2v) is 13.5. The molecule has 5 atom stereocenters. The fourth-order valence-electron chi connectivity index (χ4n) is 6.80. The van der Waals surface area contributed by atoms with Crippen molar-refractivity contribution in [1.82, 2.24) is 20.4 Å². The lowest BCUT2D eigenvalue weighted by Crippen LogP contribution is -2.70. The molecule has 0 radical (unpaired) electrons. The molecule has 4 rings (SSSR count). The van der Waals surface area contributed by atoms with Gasteiger partial charge in [0.05, 0.1) is 17.0 Å². The number of rotatable bonds is 16. The van der Waals surface area contributed by atoms with Gasteiger partial charge in [-0.2, -0.15) is 0 Å². The van der Waals surface area contributed by atoms with E-state index in [0.29, 0.717) is 24.8 Å². The van der Waals surface area contributed by atoms with Crippen LogP contribution in [-0.4, -0.2) is 112 Å². The first kappa shape index (κ1) is 41.2. The average Bonchev–Trinajstić information content (AvgIpc) is 3.73. The Labute approximate surface area is 312 Å². The van der Waals surface area contributed by atoms with Crippen molar-refractivity contribution in [3.8, 4) is 5.75 Å². The number of nitro groups is 1. The maximum Gasteiger partial charge on any atom is 0.417 e. The van der Waals surface area contributed by atoms with Gasteiger partial charge < -0.3 is 30.7 Å². The fourth-order valence-corrected chi connectivity index (χ4v) is 6.80. The predicted octanol–water partition coefficient (Wildman–Crippen LogP) is 2.09. The number of methoxy groups -OCH3 is 1. The molecule has 17 nitrogen and oxygen atoms in total. The van der Waals surface area contributed by atoms with Crippen LogP contribution in [0.1, 0.15) is 69.7 Å². The number of unbranched alkanes of at least 4 members (excludes halogenated alkanes) is 1. The zero-order chi connectivity index (χ0) is 39.7. The van der Waals surface area contributed by atoms with Crippen molar-refractivity contribution in [2.75, 3.05) is 20.2 Å². The van der Waals surface area contributed by atoms with Crippen LogP contribution in [0.5, 0.6) is 5.75 Å². The fraction of sp³-hybridized carbons (Fsp3) is 0.486. The van der Waals surface area contributed by atoms with Crippen molar-refractivity contribution in [3.63, 3.8) is 0 Å². The summed E-state index contributed by atoms with van der Waals surface area (Å²) in [7, 11) is 1.19. The van der Waals surface area contributed by atoms with Crippen molar-refractivity contribution < 1.29 is 48.0 Å². The van der Waals surface area contributed by atoms with Gasteiger partial charge in [-0.25, -0.2) is 4.79 Å². The first-order valence-electron chi connectivity index (χ1n) is 17.7. The molecule has 1 aliphatic heterocycles. The summed E-state index contributed by atoms with van der Waals surface area (Å²) in [6.45, 7) is 4.84. The minimum absolute atomic E-state index is 0.0521. The molecule has 2 aromatic carbocycles. The summed E-state index contributed by atoms with van der Waals surface area (Å²) in [5, 5.41) is 16.6. The van der Waals surface area contributed by atoms with E-state index in [1.54, 1.807) is 37.3 Å². The Balaban J connectivity index is 1.66. The number of Topliss-reactive ketones (excluding diaryl/α,β-unsaturated/α-hetero) is 3. The number of ketones is 3. The molecular formula is C37H46N6O11. The molecule has 17 heteroatoms. The number of nitrogens with zero attached hydrogens (tertiary/aromatic N) is 3. The van der Waals surface area contributed by atoms with E-state index in [2.05, 4.69) is 10.6 Å². The third kappa shape index (κ3) is 8.80. The number of non-ortho nitro benzene ring substituents is 1. The lowest BCUT2D eigenvalue weighted by atomic mass is 9.82. The molecule has 1 aliphatic carbocycles. The minimum Gasteiger partial charge on any atom is -0.410 e. The Hall–Kier alpha value is -5.55. The van der Waals surface area contributed by atoms with Crippen LogP contribution < -0.4 is 21.1 Å². The van der Waals surface area contributed by atoms with E-state index in [1.165, 1.54) is 25.9 Å². The second-order valence-electron chi connectivity index (χ2n) is 13.5. The molecular weight excluding hydrogens is 704 g/mol. The van der Waals surface area contributed by atoms with Gasteiger partial charge in [0.15, 0.2) is 11.6 Å². The number of nitro benzene ring substituents is 1. The first-order chi connectivity index (χ1) is 25.6. The number of carbonyl (C=O) groups excluding carboxylic acids is 7. The molecule has 290 valence electrons. The summed E-state index contributed by atoms with van der Waals surface area (Å²) < 4.78 is 10.8. The Bertz CT molecular complexity index is 1750. The van der Waals surface area contributed by atoms with E-state index in [9.17, 15) is 43.7 Å². The van der Waals surface area contributed by atoms with Gasteiger partial charge in [-0.15, -0.1) is 0 Å². The maximum atomic E-state index is 14.9. The van der Waals surface area contributed by atoms with Crippen LogP contribution in [0, 0.1) is 10.1 Å². The Kier molecular flexibility index (Phi) is 13.7. The number of hydrogen-bond acceptors (Lipinski definition) is 12. The molecule has 2 unspecified atom stereocenters. The average molecular weight is 751 g/mol. The number of amides is 4. The number of ether oxygens (including phenoxy) is 2. The largest absolute Gasteiger partial charge is 0.417 e. The van der Waals surface area contributed by atoms with Crippen LogP contribution in [0.2, 0.25) is 0 Å². The van der Waals surface area contributed by atoms with Gasteiger partial charge in [-0.3, -0.25) is 43.8 Å². The summed E-state index contributed by atoms with van der Waals surface area (Å²) in [4.78, 5) is 109. The molecule has 4 amide bonds. The summed E-state index contributed by atoms with van der Waals surface area (Å²) in [6, 6.07) is 8.56. The van der Waals surface area contributed by atoms with E-state index in [0.717, 1.165) is 29.2 Å². The number of likely N-dealkylation sites (tertiary alicyclic amines) is 1. The van der Waals surface area contributed by atoms with Gasteiger partial charge in [0, 0.05) is 50.4 Å². The van der Waals surface area contributed by atoms with Crippen LogP contribution in [0.3, 0.4) is 0 Å². The highest BCUT2D eigenvalue weighted by Gasteiger charge is 2.67. The second kappa shape index (κ2) is 18.0. The van der Waals surface area contributed by atoms with Crippen LogP contribution >= 0.6 is 0 Å². The quantitative estimate of drug-likeness (QED) is 0.0968. The topological polar surface area (TPSA) is 238 Å². The van der Waals surface area contributed by atoms with Crippen molar-refractivity contribution in [2.24, 2.45) is 5.73 Å². The maximum absolute atomic E-state index is 14.9. The SMILES string of the molecule is COC1CC(=O)C(C(=O)[C@H]2CCCN2C(=O)[C@H](CCCCNC(=O)[C@H](C)N)NC(=O)c2ccccc2)(N(C(=O)Oc2ccc([N+](=O)[O-])cc2)C(C)C)C1=O. The predicted molar refractivity (Wildman–Crippen MR) is 192 cm³/mol. The molecule has 0 aromatic heterocycles. The van der Waals surface area contributed by atoms with Gasteiger partial charge >= 0.3 is 6.09 Å². The monoisotopic (exact) mass is 750 g/mol. The Morgan fingerprint density at radius 3 is 2.28 bits per heavy atom. The highest BCUT2D eigenvalue weighted by atomic mass is 16.6. The molecule has 2 fully saturated rings. The Morgan fingerprint density at radius 1 is 1.04 bits per heavy atom. The third-order valence-electron chi connectivity index (χ3n) is 9.50. The van der Waals surface area contributed by atoms with Crippen molar-refractivity contribution in [1.29, 1.82) is 0 Å². The van der Waals surface area contributed by atoms with Crippen LogP contribution in [0.4, 0.5) is 10.5 Å². The van der Waals surface area contributed by atoms with E-state index in [-0.39, 0.29) is 43.3 Å². The minimum atomic E-state index is -2.73. The van der Waals surface area contributed by atoms with Gasteiger partial charge in [0.1, 0.15) is 17.9 Å². The molecule has 1 saturated heterocycles. The highest BCUT2D eigenvalue weighted by Crippen LogP contribution is 2.38. The van der Waals surface area contributed by atoms with E-state index < -0.39 is 82.4 Å². The smallest absolute Gasteiger partial charge is 0.410 e. The summed E-state index contributed by atoms with van der Waals surface area (Å²) >= 11 is 0. The van der Waals surface area contributed by atoms with Crippen molar-refractivity contribution in [3.05, 3.63) is 70.3 Å². The molecule has 4 N–H and O–H groups in total. The summed E-state index contributed by atoms with van der Waals surface area (Å²) in [5.41, 5.74) is 2.89. The Morgan fingerprint density at radius 2 is 1.70 bits per heavy atom.